The molecule has 0 fully saturated rings. The van der Waals surface area contributed by atoms with E-state index in [-0.39, 0.29) is 11.3 Å². The molecule has 0 saturated heterocycles. The van der Waals surface area contributed by atoms with Crippen molar-refractivity contribution in [2.24, 2.45) is 0 Å². The van der Waals surface area contributed by atoms with Gasteiger partial charge in [0.25, 0.3) is 5.91 Å². The van der Waals surface area contributed by atoms with Crippen LogP contribution >= 0.6 is 27.7 Å². The molecule has 0 radical (unpaired) electrons. The molecular weight excluding hydrogens is 534 g/mol. The van der Waals surface area contributed by atoms with Crippen molar-refractivity contribution in [1.29, 1.82) is 0 Å². The second-order valence-corrected chi connectivity index (χ2v) is 9.58. The molecule has 4 rings (SSSR count). The lowest BCUT2D eigenvalue weighted by molar-refractivity contribution is -0.115. The zero-order valence-corrected chi connectivity index (χ0v) is 20.6. The van der Waals surface area contributed by atoms with Crippen LogP contribution in [0.1, 0.15) is 21.2 Å². The number of benzene rings is 4. The highest BCUT2D eigenvalue weighted by Gasteiger charge is 2.23. The molecule has 0 saturated carbocycles. The molecule has 4 aromatic rings. The first-order valence-corrected chi connectivity index (χ1v) is 12.2. The molecule has 2 N–H and O–H groups in total. The zero-order valence-electron chi connectivity index (χ0n) is 18.2. The van der Waals surface area contributed by atoms with E-state index < -0.39 is 28.7 Å². The Bertz CT molecular complexity index is 1370. The van der Waals surface area contributed by atoms with Gasteiger partial charge in [0.15, 0.2) is 0 Å². The minimum absolute atomic E-state index is 0.0661. The van der Waals surface area contributed by atoms with Crippen molar-refractivity contribution in [2.45, 2.75) is 10.1 Å². The van der Waals surface area contributed by atoms with E-state index >= 15 is 0 Å². The molecule has 1 unspecified atom stereocenters. The molecule has 35 heavy (non-hydrogen) atoms. The Hall–Kier alpha value is -3.49. The van der Waals surface area contributed by atoms with Crippen LogP contribution in [0, 0.1) is 11.6 Å². The third-order valence-corrected chi connectivity index (χ3v) is 6.74. The number of rotatable bonds is 7. The average molecular weight is 553 g/mol. The van der Waals surface area contributed by atoms with Gasteiger partial charge in [-0.2, -0.15) is 0 Å². The molecule has 4 aromatic carbocycles. The summed E-state index contributed by atoms with van der Waals surface area (Å²) in [5.41, 5.74) is 1.19. The number of carbonyl (C=O) groups is 2. The summed E-state index contributed by atoms with van der Waals surface area (Å²) in [5, 5.41) is 4.65. The molecule has 176 valence electrons. The summed E-state index contributed by atoms with van der Waals surface area (Å²) >= 11 is 4.46. The number of hydrogen-bond donors (Lipinski definition) is 2. The summed E-state index contributed by atoms with van der Waals surface area (Å²) in [5.74, 6) is -2.14. The number of nitrogens with one attached hydrogen (secondary N) is 2. The van der Waals surface area contributed by atoms with Gasteiger partial charge in [-0.05, 0) is 54.1 Å². The molecule has 0 spiro atoms. The molecule has 0 aliphatic carbocycles. The maximum absolute atomic E-state index is 14.3. The Labute approximate surface area is 213 Å². The van der Waals surface area contributed by atoms with E-state index in [0.717, 1.165) is 5.56 Å². The van der Waals surface area contributed by atoms with Crippen LogP contribution in [0.2, 0.25) is 0 Å². The molecule has 0 aliphatic rings. The van der Waals surface area contributed by atoms with E-state index in [0.29, 0.717) is 15.1 Å². The largest absolute Gasteiger partial charge is 0.322 e. The van der Waals surface area contributed by atoms with Crippen molar-refractivity contribution in [2.75, 3.05) is 10.6 Å². The second-order valence-electron chi connectivity index (χ2n) is 7.48. The van der Waals surface area contributed by atoms with E-state index in [1.807, 2.05) is 30.3 Å². The standard InChI is InChI=1S/C27H19BrF2N2O2S/c28-18-13-14-24(23(30)15-18)32-27(34)25(17-7-2-1-3-8-17)35-20-10-6-9-19(16-20)31-26(33)21-11-4-5-12-22(21)29/h1-16,25H,(H,31,33)(H,32,34). The maximum Gasteiger partial charge on any atom is 0.258 e. The highest BCUT2D eigenvalue weighted by Crippen LogP contribution is 2.37. The molecular formula is C27H19BrF2N2O2S. The van der Waals surface area contributed by atoms with Gasteiger partial charge < -0.3 is 10.6 Å². The van der Waals surface area contributed by atoms with E-state index in [9.17, 15) is 18.4 Å². The van der Waals surface area contributed by atoms with Gasteiger partial charge in [0, 0.05) is 15.1 Å². The van der Waals surface area contributed by atoms with E-state index in [2.05, 4.69) is 26.6 Å². The van der Waals surface area contributed by atoms with E-state index in [4.69, 9.17) is 0 Å². The Morgan fingerprint density at radius 2 is 1.51 bits per heavy atom. The summed E-state index contributed by atoms with van der Waals surface area (Å²) in [6, 6.07) is 26.2. The molecule has 2 amide bonds. The van der Waals surface area contributed by atoms with Crippen LogP contribution in [0.3, 0.4) is 0 Å². The predicted molar refractivity (Wildman–Crippen MR) is 139 cm³/mol. The number of carbonyl (C=O) groups excluding carboxylic acids is 2. The first kappa shape index (κ1) is 24.6. The third kappa shape index (κ3) is 6.35. The quantitative estimate of drug-likeness (QED) is 0.234. The topological polar surface area (TPSA) is 58.2 Å². The summed E-state index contributed by atoms with van der Waals surface area (Å²) in [4.78, 5) is 26.4. The second kappa shape index (κ2) is 11.3. The number of halogens is 3. The monoisotopic (exact) mass is 552 g/mol. The van der Waals surface area contributed by atoms with Crippen LogP contribution in [0.25, 0.3) is 0 Å². The highest BCUT2D eigenvalue weighted by molar-refractivity contribution is 9.10. The minimum atomic E-state index is -0.697. The van der Waals surface area contributed by atoms with Gasteiger partial charge in [-0.1, -0.05) is 64.5 Å². The first-order chi connectivity index (χ1) is 16.9. The van der Waals surface area contributed by atoms with Gasteiger partial charge in [-0.25, -0.2) is 8.78 Å². The fourth-order valence-corrected chi connectivity index (χ4v) is 4.73. The van der Waals surface area contributed by atoms with Crippen molar-refractivity contribution in [3.05, 3.63) is 124 Å². The van der Waals surface area contributed by atoms with Gasteiger partial charge >= 0.3 is 0 Å². The first-order valence-electron chi connectivity index (χ1n) is 10.5. The number of anilines is 2. The molecule has 0 aliphatic heterocycles. The maximum atomic E-state index is 14.3. The smallest absolute Gasteiger partial charge is 0.258 e. The van der Waals surface area contributed by atoms with Gasteiger partial charge in [0.2, 0.25) is 5.91 Å². The fraction of sp³-hybridized carbons (Fsp3) is 0.0370. The molecule has 1 atom stereocenters. The summed E-state index contributed by atoms with van der Waals surface area (Å²) < 4.78 is 28.9. The molecule has 0 heterocycles. The van der Waals surface area contributed by atoms with Crippen LogP contribution < -0.4 is 10.6 Å². The van der Waals surface area contributed by atoms with Gasteiger partial charge in [0.05, 0.1) is 11.3 Å². The van der Waals surface area contributed by atoms with Crippen LogP contribution in [0.5, 0.6) is 0 Å². The normalized spacial score (nSPS) is 11.5. The van der Waals surface area contributed by atoms with E-state index in [1.54, 1.807) is 36.4 Å². The van der Waals surface area contributed by atoms with Gasteiger partial charge in [-0.15, -0.1) is 11.8 Å². The van der Waals surface area contributed by atoms with E-state index in [1.165, 1.54) is 42.1 Å². The van der Waals surface area contributed by atoms with Gasteiger partial charge in [0.1, 0.15) is 16.9 Å². The van der Waals surface area contributed by atoms with Crippen molar-refractivity contribution in [3.63, 3.8) is 0 Å². The highest BCUT2D eigenvalue weighted by atomic mass is 79.9. The number of hydrogen-bond acceptors (Lipinski definition) is 3. The third-order valence-electron chi connectivity index (χ3n) is 4.99. The molecule has 4 nitrogen and oxygen atoms in total. The summed E-state index contributed by atoms with van der Waals surface area (Å²) in [6.45, 7) is 0. The Morgan fingerprint density at radius 1 is 0.771 bits per heavy atom. The average Bonchev–Trinajstić information content (AvgIpc) is 2.85. The minimum Gasteiger partial charge on any atom is -0.322 e. The van der Waals surface area contributed by atoms with Crippen LogP contribution in [-0.2, 0) is 4.79 Å². The Morgan fingerprint density at radius 3 is 2.26 bits per heavy atom. The summed E-state index contributed by atoms with van der Waals surface area (Å²) in [6.07, 6.45) is 0. The summed E-state index contributed by atoms with van der Waals surface area (Å²) in [7, 11) is 0. The zero-order chi connectivity index (χ0) is 24.8. The van der Waals surface area contributed by atoms with Crippen LogP contribution in [0.4, 0.5) is 20.2 Å². The molecule has 0 bridgehead atoms. The molecule has 0 aromatic heterocycles. The van der Waals surface area contributed by atoms with Crippen molar-refractivity contribution >= 4 is 50.9 Å². The predicted octanol–water partition coefficient (Wildman–Crippen LogP) is 7.45. The Kier molecular flexibility index (Phi) is 7.94. The lowest BCUT2D eigenvalue weighted by Crippen LogP contribution is -2.19. The van der Waals surface area contributed by atoms with Crippen LogP contribution in [0.15, 0.2) is 106 Å². The number of thioether (sulfide) groups is 1. The lowest BCUT2D eigenvalue weighted by atomic mass is 10.1. The van der Waals surface area contributed by atoms with Crippen molar-refractivity contribution in [3.8, 4) is 0 Å². The van der Waals surface area contributed by atoms with Gasteiger partial charge in [-0.3, -0.25) is 9.59 Å². The SMILES string of the molecule is O=C(Nc1cccc(SC(C(=O)Nc2ccc(Br)cc2F)c2ccccc2)c1)c1ccccc1F. The number of amides is 2. The van der Waals surface area contributed by atoms with Crippen molar-refractivity contribution in [1.82, 2.24) is 0 Å². The molecule has 8 heteroatoms. The fourth-order valence-electron chi connectivity index (χ4n) is 3.32. The lowest BCUT2D eigenvalue weighted by Gasteiger charge is -2.18. The van der Waals surface area contributed by atoms with Crippen molar-refractivity contribution < 1.29 is 18.4 Å². The Balaban J connectivity index is 1.56. The van der Waals surface area contributed by atoms with Crippen LogP contribution in [-0.4, -0.2) is 11.8 Å².